The van der Waals surface area contributed by atoms with E-state index in [-0.39, 0.29) is 18.2 Å². The van der Waals surface area contributed by atoms with Crippen LogP contribution in [0, 0.1) is 0 Å². The molecular formula is C19H21N3O5S2. The van der Waals surface area contributed by atoms with E-state index < -0.39 is 16.1 Å². The molecule has 10 heteroatoms. The molecule has 4 rings (SSSR count). The van der Waals surface area contributed by atoms with Crippen LogP contribution in [-0.2, 0) is 19.6 Å². The Morgan fingerprint density at radius 2 is 1.72 bits per heavy atom. The summed E-state index contributed by atoms with van der Waals surface area (Å²) in [5.74, 6) is 0.126. The van der Waals surface area contributed by atoms with Crippen LogP contribution in [0.2, 0.25) is 0 Å². The van der Waals surface area contributed by atoms with Crippen LogP contribution >= 0.6 is 11.3 Å². The van der Waals surface area contributed by atoms with Crippen LogP contribution in [0.15, 0.2) is 46.0 Å². The van der Waals surface area contributed by atoms with Crippen molar-refractivity contribution >= 4 is 38.9 Å². The van der Waals surface area contributed by atoms with Crippen LogP contribution in [-0.4, -0.2) is 68.8 Å². The molecule has 2 saturated heterocycles. The number of hydrogen-bond acceptors (Lipinski definition) is 7. The number of piperazine rings is 1. The Bertz CT molecular complexity index is 997. The van der Waals surface area contributed by atoms with Crippen molar-refractivity contribution in [2.45, 2.75) is 16.7 Å². The van der Waals surface area contributed by atoms with Gasteiger partial charge in [-0.3, -0.25) is 14.5 Å². The third kappa shape index (κ3) is 3.68. The summed E-state index contributed by atoms with van der Waals surface area (Å²) in [4.78, 5) is 28.6. The molecule has 0 aliphatic carbocycles. The van der Waals surface area contributed by atoms with Gasteiger partial charge in [0.1, 0.15) is 9.96 Å². The first-order valence-electron chi connectivity index (χ1n) is 9.20. The molecule has 1 atom stereocenters. The van der Waals surface area contributed by atoms with Gasteiger partial charge in [-0.15, -0.1) is 11.3 Å². The van der Waals surface area contributed by atoms with Crippen molar-refractivity contribution in [1.29, 1.82) is 0 Å². The lowest BCUT2D eigenvalue weighted by molar-refractivity contribution is -0.123. The van der Waals surface area contributed by atoms with Gasteiger partial charge in [-0.2, -0.15) is 4.31 Å². The number of methoxy groups -OCH3 is 1. The highest BCUT2D eigenvalue weighted by Gasteiger charge is 2.44. The van der Waals surface area contributed by atoms with Crippen LogP contribution in [0.3, 0.4) is 0 Å². The van der Waals surface area contributed by atoms with Crippen LogP contribution in [0.25, 0.3) is 0 Å². The molecular weight excluding hydrogens is 414 g/mol. The summed E-state index contributed by atoms with van der Waals surface area (Å²) in [7, 11) is -1.95. The van der Waals surface area contributed by atoms with E-state index in [2.05, 4.69) is 0 Å². The maximum absolute atomic E-state index is 12.9. The van der Waals surface area contributed by atoms with Gasteiger partial charge in [-0.05, 0) is 35.7 Å². The number of imide groups is 1. The number of rotatable bonds is 5. The minimum atomic E-state index is -3.50. The molecule has 0 N–H and O–H groups in total. The van der Waals surface area contributed by atoms with Gasteiger partial charge < -0.3 is 4.74 Å². The lowest BCUT2D eigenvalue weighted by atomic mass is 10.2. The second kappa shape index (κ2) is 7.86. The summed E-state index contributed by atoms with van der Waals surface area (Å²) in [5, 5.41) is 1.74. The predicted octanol–water partition coefficient (Wildman–Crippen LogP) is 1.40. The molecule has 0 bridgehead atoms. The smallest absolute Gasteiger partial charge is 0.252 e. The average molecular weight is 436 g/mol. The van der Waals surface area contributed by atoms with Gasteiger partial charge in [0.15, 0.2) is 0 Å². The predicted molar refractivity (Wildman–Crippen MR) is 109 cm³/mol. The summed E-state index contributed by atoms with van der Waals surface area (Å²) in [6.45, 7) is 1.40. The van der Waals surface area contributed by atoms with Crippen molar-refractivity contribution in [2.75, 3.05) is 38.2 Å². The van der Waals surface area contributed by atoms with E-state index in [4.69, 9.17) is 4.74 Å². The topological polar surface area (TPSA) is 87.2 Å². The van der Waals surface area contributed by atoms with Crippen LogP contribution in [0.5, 0.6) is 5.75 Å². The number of carbonyl (C=O) groups is 2. The van der Waals surface area contributed by atoms with E-state index >= 15 is 0 Å². The highest BCUT2D eigenvalue weighted by atomic mass is 32.2. The zero-order valence-corrected chi connectivity index (χ0v) is 17.5. The van der Waals surface area contributed by atoms with Gasteiger partial charge in [-0.25, -0.2) is 13.3 Å². The van der Waals surface area contributed by atoms with Crippen LogP contribution < -0.4 is 9.64 Å². The summed E-state index contributed by atoms with van der Waals surface area (Å²) in [6, 6.07) is 9.53. The molecule has 0 saturated carbocycles. The molecule has 154 valence electrons. The normalized spacial score (nSPS) is 21.7. The molecule has 1 aromatic carbocycles. The maximum Gasteiger partial charge on any atom is 0.252 e. The highest BCUT2D eigenvalue weighted by Crippen LogP contribution is 2.29. The Kier molecular flexibility index (Phi) is 5.43. The minimum Gasteiger partial charge on any atom is -0.497 e. The summed E-state index contributed by atoms with van der Waals surface area (Å²) in [6.07, 6.45) is 0.0997. The van der Waals surface area contributed by atoms with Crippen molar-refractivity contribution in [3.05, 3.63) is 41.8 Å². The SMILES string of the molecule is COc1ccc(N2C(=O)CC(N3CCN(S(=O)(=O)c4cccs4)CC3)C2=O)cc1. The molecule has 2 amide bonds. The lowest BCUT2D eigenvalue weighted by Crippen LogP contribution is -2.53. The first kappa shape index (κ1) is 20.0. The van der Waals surface area contributed by atoms with Crippen molar-refractivity contribution in [3.8, 4) is 5.75 Å². The van der Waals surface area contributed by atoms with Crippen LogP contribution in [0.4, 0.5) is 5.69 Å². The van der Waals surface area contributed by atoms with E-state index in [0.29, 0.717) is 41.8 Å². The van der Waals surface area contributed by atoms with E-state index in [1.807, 2.05) is 4.90 Å². The second-order valence-corrected chi connectivity index (χ2v) is 9.97. The monoisotopic (exact) mass is 435 g/mol. The average Bonchev–Trinajstić information content (AvgIpc) is 3.37. The molecule has 29 heavy (non-hydrogen) atoms. The fourth-order valence-electron chi connectivity index (χ4n) is 3.70. The fraction of sp³-hybridized carbons (Fsp3) is 0.368. The Labute approximate surface area is 173 Å². The first-order chi connectivity index (χ1) is 13.9. The van der Waals surface area contributed by atoms with Crippen molar-refractivity contribution in [3.63, 3.8) is 0 Å². The van der Waals surface area contributed by atoms with E-state index in [0.717, 1.165) is 0 Å². The number of carbonyl (C=O) groups excluding carboxylic acids is 2. The molecule has 2 fully saturated rings. The van der Waals surface area contributed by atoms with Crippen LogP contribution in [0.1, 0.15) is 6.42 Å². The number of hydrogen-bond donors (Lipinski definition) is 0. The minimum absolute atomic E-state index is 0.0997. The molecule has 2 aromatic rings. The third-order valence-electron chi connectivity index (χ3n) is 5.26. The lowest BCUT2D eigenvalue weighted by Gasteiger charge is -2.36. The number of thiophene rings is 1. The fourth-order valence-corrected chi connectivity index (χ4v) is 6.26. The Morgan fingerprint density at radius 1 is 1.03 bits per heavy atom. The number of anilines is 1. The van der Waals surface area contributed by atoms with Gasteiger partial charge in [0, 0.05) is 26.2 Å². The quantitative estimate of drug-likeness (QED) is 0.660. The van der Waals surface area contributed by atoms with Gasteiger partial charge in [0.05, 0.1) is 25.3 Å². The number of ether oxygens (including phenoxy) is 1. The maximum atomic E-state index is 12.9. The van der Waals surface area contributed by atoms with Crippen molar-refractivity contribution in [1.82, 2.24) is 9.21 Å². The molecule has 8 nitrogen and oxygen atoms in total. The number of sulfonamides is 1. The number of amides is 2. The van der Waals surface area contributed by atoms with Gasteiger partial charge in [-0.1, -0.05) is 6.07 Å². The first-order valence-corrected chi connectivity index (χ1v) is 11.5. The van der Waals surface area contributed by atoms with E-state index in [1.54, 1.807) is 48.9 Å². The van der Waals surface area contributed by atoms with E-state index in [9.17, 15) is 18.0 Å². The van der Waals surface area contributed by atoms with Crippen molar-refractivity contribution < 1.29 is 22.7 Å². The summed E-state index contributed by atoms with van der Waals surface area (Å²) >= 11 is 1.19. The molecule has 1 aromatic heterocycles. The van der Waals surface area contributed by atoms with E-state index in [1.165, 1.54) is 20.5 Å². The Hall–Kier alpha value is -2.27. The Morgan fingerprint density at radius 3 is 2.31 bits per heavy atom. The molecule has 1 unspecified atom stereocenters. The third-order valence-corrected chi connectivity index (χ3v) is 8.53. The van der Waals surface area contributed by atoms with Gasteiger partial charge >= 0.3 is 0 Å². The summed E-state index contributed by atoms with van der Waals surface area (Å²) in [5.41, 5.74) is 0.516. The second-order valence-electron chi connectivity index (χ2n) is 6.86. The zero-order valence-electron chi connectivity index (χ0n) is 15.9. The zero-order chi connectivity index (χ0) is 20.6. The molecule has 3 heterocycles. The number of nitrogens with zero attached hydrogens (tertiary/aromatic N) is 3. The standard InChI is InChI=1S/C19H21N3O5S2/c1-27-15-6-4-14(5-7-15)22-17(23)13-16(19(22)24)20-8-10-21(11-9-20)29(25,26)18-3-2-12-28-18/h2-7,12,16H,8-11,13H2,1H3. The van der Waals surface area contributed by atoms with Crippen molar-refractivity contribution in [2.24, 2.45) is 0 Å². The summed E-state index contributed by atoms with van der Waals surface area (Å²) < 4.78 is 32.2. The molecule has 0 spiro atoms. The number of benzene rings is 1. The Balaban J connectivity index is 1.44. The van der Waals surface area contributed by atoms with Gasteiger partial charge in [0.25, 0.3) is 15.9 Å². The largest absolute Gasteiger partial charge is 0.497 e. The molecule has 2 aliphatic rings. The van der Waals surface area contributed by atoms with Gasteiger partial charge in [0.2, 0.25) is 5.91 Å². The molecule has 0 radical (unpaired) electrons. The highest BCUT2D eigenvalue weighted by molar-refractivity contribution is 7.91. The molecule has 2 aliphatic heterocycles.